The maximum absolute atomic E-state index is 12.5. The molecule has 0 saturated carbocycles. The van der Waals surface area contributed by atoms with Gasteiger partial charge in [0.15, 0.2) is 0 Å². The van der Waals surface area contributed by atoms with Gasteiger partial charge in [-0.25, -0.2) is 9.97 Å². The van der Waals surface area contributed by atoms with Crippen LogP contribution in [0.3, 0.4) is 0 Å². The molecule has 2 aromatic rings. The number of rotatable bonds is 4. The Morgan fingerprint density at radius 2 is 2.04 bits per heavy atom. The summed E-state index contributed by atoms with van der Waals surface area (Å²) in [6, 6.07) is 5.48. The minimum Gasteiger partial charge on any atom is -0.472 e. The number of hydrogen-bond donors (Lipinski definition) is 0. The molecule has 2 aliphatic rings. The first-order valence-corrected chi connectivity index (χ1v) is 9.22. The molecule has 4 heterocycles. The molecule has 0 spiro atoms. The van der Waals surface area contributed by atoms with E-state index in [1.165, 1.54) is 19.3 Å². The van der Waals surface area contributed by atoms with E-state index in [-0.39, 0.29) is 12.0 Å². The van der Waals surface area contributed by atoms with Gasteiger partial charge >= 0.3 is 0 Å². The molecular weight excluding hydrogens is 330 g/mol. The third-order valence-electron chi connectivity index (χ3n) is 4.94. The first kappa shape index (κ1) is 16.8. The molecule has 2 aliphatic heterocycles. The lowest BCUT2D eigenvalue weighted by Crippen LogP contribution is -2.31. The Kier molecular flexibility index (Phi) is 4.95. The quantitative estimate of drug-likeness (QED) is 0.839. The van der Waals surface area contributed by atoms with E-state index in [1.54, 1.807) is 30.9 Å². The zero-order valence-corrected chi connectivity index (χ0v) is 14.8. The van der Waals surface area contributed by atoms with Gasteiger partial charge in [0, 0.05) is 44.5 Å². The lowest BCUT2D eigenvalue weighted by Gasteiger charge is -2.27. The summed E-state index contributed by atoms with van der Waals surface area (Å²) in [7, 11) is 0. The molecule has 0 aliphatic carbocycles. The number of amides is 1. The smallest absolute Gasteiger partial charge is 0.255 e. The molecule has 0 bridgehead atoms. The summed E-state index contributed by atoms with van der Waals surface area (Å²) in [5, 5.41) is 0. The highest BCUT2D eigenvalue weighted by Gasteiger charge is 2.28. The van der Waals surface area contributed by atoms with Crippen LogP contribution in [0.4, 0.5) is 5.82 Å². The first-order valence-electron chi connectivity index (χ1n) is 9.22. The number of pyridine rings is 1. The van der Waals surface area contributed by atoms with Crippen LogP contribution in [0.15, 0.2) is 36.9 Å². The summed E-state index contributed by atoms with van der Waals surface area (Å²) in [6.45, 7) is 3.32. The molecule has 7 nitrogen and oxygen atoms in total. The lowest BCUT2D eigenvalue weighted by molar-refractivity contribution is 0.0770. The van der Waals surface area contributed by atoms with Crippen molar-refractivity contribution in [2.75, 3.05) is 31.1 Å². The second kappa shape index (κ2) is 7.68. The Morgan fingerprint density at radius 1 is 1.15 bits per heavy atom. The van der Waals surface area contributed by atoms with Crippen LogP contribution >= 0.6 is 0 Å². The van der Waals surface area contributed by atoms with E-state index in [9.17, 15) is 4.79 Å². The highest BCUT2D eigenvalue weighted by molar-refractivity contribution is 5.94. The molecule has 4 rings (SSSR count). The lowest BCUT2D eigenvalue weighted by atomic mass is 10.1. The predicted octanol–water partition coefficient (Wildman–Crippen LogP) is 2.16. The summed E-state index contributed by atoms with van der Waals surface area (Å²) < 4.78 is 6.04. The van der Waals surface area contributed by atoms with E-state index >= 15 is 0 Å². The van der Waals surface area contributed by atoms with Crippen molar-refractivity contribution in [1.82, 2.24) is 19.9 Å². The van der Waals surface area contributed by atoms with Gasteiger partial charge in [0.05, 0.1) is 12.1 Å². The molecule has 26 heavy (non-hydrogen) atoms. The first-order chi connectivity index (χ1) is 12.8. The molecule has 2 aromatic heterocycles. The molecule has 0 N–H and O–H groups in total. The molecule has 0 radical (unpaired) electrons. The Hall–Kier alpha value is -2.70. The van der Waals surface area contributed by atoms with Gasteiger partial charge in [0.25, 0.3) is 5.91 Å². The van der Waals surface area contributed by atoms with Crippen LogP contribution in [0.5, 0.6) is 5.88 Å². The third-order valence-corrected chi connectivity index (χ3v) is 4.94. The van der Waals surface area contributed by atoms with E-state index < -0.39 is 0 Å². The Balaban J connectivity index is 1.37. The van der Waals surface area contributed by atoms with Gasteiger partial charge in [-0.3, -0.25) is 9.78 Å². The summed E-state index contributed by atoms with van der Waals surface area (Å²) >= 11 is 0. The second-order valence-corrected chi connectivity index (χ2v) is 6.78. The minimum atomic E-state index is -0.0419. The largest absolute Gasteiger partial charge is 0.472 e. The molecule has 136 valence electrons. The van der Waals surface area contributed by atoms with Crippen molar-refractivity contribution in [1.29, 1.82) is 0 Å². The minimum absolute atomic E-state index is 0.000827. The topological polar surface area (TPSA) is 71.5 Å². The second-order valence-electron chi connectivity index (χ2n) is 6.78. The highest BCUT2D eigenvalue weighted by atomic mass is 16.5. The van der Waals surface area contributed by atoms with Crippen molar-refractivity contribution in [3.63, 3.8) is 0 Å². The number of hydrogen-bond acceptors (Lipinski definition) is 6. The van der Waals surface area contributed by atoms with Crippen molar-refractivity contribution in [3.05, 3.63) is 42.5 Å². The maximum atomic E-state index is 12.5. The Bertz CT molecular complexity index is 749. The average Bonchev–Trinajstić information content (AvgIpc) is 3.17. The van der Waals surface area contributed by atoms with Gasteiger partial charge in [0.2, 0.25) is 5.88 Å². The summed E-state index contributed by atoms with van der Waals surface area (Å²) in [5.74, 6) is 1.51. The van der Waals surface area contributed by atoms with Crippen LogP contribution in [0.25, 0.3) is 0 Å². The van der Waals surface area contributed by atoms with Gasteiger partial charge in [0.1, 0.15) is 18.2 Å². The summed E-state index contributed by atoms with van der Waals surface area (Å²) in [6.07, 6.45) is 9.28. The fourth-order valence-corrected chi connectivity index (χ4v) is 3.54. The zero-order chi connectivity index (χ0) is 17.8. The number of anilines is 1. The number of aromatic nitrogens is 3. The van der Waals surface area contributed by atoms with E-state index in [0.29, 0.717) is 24.5 Å². The van der Waals surface area contributed by atoms with Gasteiger partial charge < -0.3 is 14.5 Å². The predicted molar refractivity (Wildman–Crippen MR) is 97.3 cm³/mol. The number of ether oxygens (including phenoxy) is 1. The Morgan fingerprint density at radius 3 is 2.85 bits per heavy atom. The number of likely N-dealkylation sites (tertiary alicyclic amines) is 1. The van der Waals surface area contributed by atoms with Gasteiger partial charge in [-0.15, -0.1) is 0 Å². The van der Waals surface area contributed by atoms with Crippen molar-refractivity contribution < 1.29 is 9.53 Å². The van der Waals surface area contributed by atoms with Crippen LogP contribution < -0.4 is 9.64 Å². The van der Waals surface area contributed by atoms with Crippen molar-refractivity contribution >= 4 is 11.7 Å². The van der Waals surface area contributed by atoms with E-state index in [0.717, 1.165) is 25.3 Å². The normalized spacial score (nSPS) is 20.2. The van der Waals surface area contributed by atoms with Crippen LogP contribution in [-0.4, -0.2) is 58.0 Å². The van der Waals surface area contributed by atoms with Crippen molar-refractivity contribution in [2.45, 2.75) is 31.8 Å². The number of carbonyl (C=O) groups excluding carboxylic acids is 1. The molecule has 2 fully saturated rings. The number of piperidine rings is 1. The van der Waals surface area contributed by atoms with Crippen molar-refractivity contribution in [2.24, 2.45) is 0 Å². The standard InChI is InChI=1S/C19H23N5O2/c25-19(15-5-4-7-20-12-15)24-10-6-16(13-24)26-18-11-17(21-14-22-18)23-8-2-1-3-9-23/h4-5,7,11-12,14,16H,1-3,6,8-10,13H2/t16-/m1/s1. The van der Waals surface area contributed by atoms with E-state index in [4.69, 9.17) is 4.74 Å². The molecule has 1 amide bonds. The third kappa shape index (κ3) is 3.76. The monoisotopic (exact) mass is 353 g/mol. The van der Waals surface area contributed by atoms with Crippen LogP contribution in [-0.2, 0) is 0 Å². The van der Waals surface area contributed by atoms with Gasteiger partial charge in [-0.1, -0.05) is 0 Å². The van der Waals surface area contributed by atoms with E-state index in [1.807, 2.05) is 11.0 Å². The van der Waals surface area contributed by atoms with Gasteiger partial charge in [-0.2, -0.15) is 0 Å². The maximum Gasteiger partial charge on any atom is 0.255 e. The van der Waals surface area contributed by atoms with Crippen LogP contribution in [0, 0.1) is 0 Å². The number of carbonyl (C=O) groups is 1. The average molecular weight is 353 g/mol. The van der Waals surface area contributed by atoms with E-state index in [2.05, 4.69) is 19.9 Å². The van der Waals surface area contributed by atoms with Crippen molar-refractivity contribution in [3.8, 4) is 5.88 Å². The molecule has 7 heteroatoms. The van der Waals surface area contributed by atoms with Crippen LogP contribution in [0.2, 0.25) is 0 Å². The molecule has 0 unspecified atom stereocenters. The number of nitrogens with zero attached hydrogens (tertiary/aromatic N) is 5. The Labute approximate surface area is 153 Å². The van der Waals surface area contributed by atoms with Gasteiger partial charge in [-0.05, 0) is 31.4 Å². The SMILES string of the molecule is O=C(c1cccnc1)N1CC[C@@H](Oc2cc(N3CCCCC3)ncn2)C1. The summed E-state index contributed by atoms with van der Waals surface area (Å²) in [4.78, 5) is 29.3. The zero-order valence-electron chi connectivity index (χ0n) is 14.8. The molecule has 2 saturated heterocycles. The molecular formula is C19H23N5O2. The molecule has 1 atom stereocenters. The summed E-state index contributed by atoms with van der Waals surface area (Å²) in [5.41, 5.74) is 0.613. The fourth-order valence-electron chi connectivity index (χ4n) is 3.54. The van der Waals surface area contributed by atoms with Crippen LogP contribution in [0.1, 0.15) is 36.0 Å². The fraction of sp³-hybridized carbons (Fsp3) is 0.474. The highest BCUT2D eigenvalue weighted by Crippen LogP contribution is 2.23. The molecule has 0 aromatic carbocycles.